The van der Waals surface area contributed by atoms with Crippen molar-refractivity contribution in [2.45, 2.75) is 52.0 Å². The monoisotopic (exact) mass is 1960 g/mol. The van der Waals surface area contributed by atoms with E-state index >= 15 is 0 Å². The second-order valence-corrected chi connectivity index (χ2v) is 37.7. The van der Waals surface area contributed by atoms with Crippen LogP contribution in [-0.4, -0.2) is 271 Å². The third-order valence-electron chi connectivity index (χ3n) is 17.3. The van der Waals surface area contributed by atoms with Crippen LogP contribution in [0.25, 0.3) is 55.8 Å². The molecule has 724 valence electrons. The van der Waals surface area contributed by atoms with Gasteiger partial charge in [0, 0.05) is 67.8 Å². The zero-order valence-corrected chi connectivity index (χ0v) is 77.1. The van der Waals surface area contributed by atoms with Gasteiger partial charge in [0.25, 0.3) is 27.8 Å². The maximum atomic E-state index is 13.0. The van der Waals surface area contributed by atoms with E-state index < -0.39 is 84.3 Å². The van der Waals surface area contributed by atoms with Gasteiger partial charge in [0.1, 0.15) is 37.2 Å². The van der Waals surface area contributed by atoms with Gasteiger partial charge in [0.15, 0.2) is 62.2 Å². The number of rotatable bonds is 50. The number of imidazole rings is 5. The van der Waals surface area contributed by atoms with Crippen LogP contribution in [0.1, 0.15) is 11.1 Å². The molecule has 18 N–H and O–H groups in total. The summed E-state index contributed by atoms with van der Waals surface area (Å²) in [6, 6.07) is 27.6. The zero-order chi connectivity index (χ0) is 96.0. The number of ether oxygens (including phenoxy) is 10. The topological polar surface area (TPSA) is 742 Å². The Balaban J connectivity index is 0.000000189. The zero-order valence-electron chi connectivity index (χ0n) is 72.6. The molecule has 0 saturated heterocycles. The van der Waals surface area contributed by atoms with Gasteiger partial charge in [-0.15, -0.1) is 0 Å². The van der Waals surface area contributed by atoms with Crippen molar-refractivity contribution in [3.05, 3.63) is 186 Å². The quantitative estimate of drug-likeness (QED) is 0.0191. The van der Waals surface area contributed by atoms with Gasteiger partial charge in [0.2, 0.25) is 37.1 Å². The van der Waals surface area contributed by atoms with Crippen molar-refractivity contribution < 1.29 is 112 Å². The molecule has 0 amide bonds. The van der Waals surface area contributed by atoms with Crippen LogP contribution in [0.15, 0.2) is 147 Å². The lowest BCUT2D eigenvalue weighted by Crippen LogP contribution is -2.25. The average Bonchev–Trinajstić information content (AvgIpc) is 1.67. The summed E-state index contributed by atoms with van der Waals surface area (Å²) in [6.07, 6.45) is 5.05. The van der Waals surface area contributed by atoms with Gasteiger partial charge in [-0.3, -0.25) is 71.7 Å². The SMILES string of the molecule is COCC(COP(=O)(O)COCCn1cnc2c(=O)[nH]c(N)nc21)OCc1ccccc1.COCCOP(=O)(COCCn1cnc2c(=O)[nH]c(N)nc21)OCc1ccccc1.COCCOP(=O)(COCCn1cnc2c(=O)[nH]c(N)nc21)Oc1ccccc1.COCCOP(=O)(O)COCCn1cnc2c(=O)[nH]c(N)nc21.CP(=O)(O)COCCn1cnc2c(=O)[nH]c(N)nc21. The van der Waals surface area contributed by atoms with Crippen molar-refractivity contribution in [3.8, 4) is 5.75 Å². The minimum absolute atomic E-state index is 0.000486. The number of benzene rings is 3. The molecule has 0 fully saturated rings. The summed E-state index contributed by atoms with van der Waals surface area (Å²) in [5, 5.41) is 0. The van der Waals surface area contributed by atoms with Crippen molar-refractivity contribution in [1.29, 1.82) is 0 Å². The fraction of sp³-hybridized carbons (Fsp3) is 0.419. The number of methoxy groups -OCH3 is 4. The van der Waals surface area contributed by atoms with Crippen molar-refractivity contribution in [3.63, 3.8) is 0 Å². The molecule has 3 aromatic carbocycles. The van der Waals surface area contributed by atoms with Gasteiger partial charge >= 0.3 is 30.4 Å². The van der Waals surface area contributed by atoms with Crippen LogP contribution in [0.5, 0.6) is 5.75 Å². The first-order valence-electron chi connectivity index (χ1n) is 39.8. The Labute approximate surface area is 754 Å². The Bertz CT molecular complexity index is 6400. The van der Waals surface area contributed by atoms with Crippen LogP contribution in [0.2, 0.25) is 0 Å². The number of hydrogen-bond donors (Lipinski definition) is 13. The van der Waals surface area contributed by atoms with Gasteiger partial charge < -0.3 is 136 Å². The number of aromatic amines is 5. The molecule has 0 saturated carbocycles. The van der Waals surface area contributed by atoms with Gasteiger partial charge in [-0.2, -0.15) is 24.9 Å². The highest BCUT2D eigenvalue weighted by Crippen LogP contribution is 2.50. The van der Waals surface area contributed by atoms with Crippen molar-refractivity contribution in [2.24, 2.45) is 0 Å². The molecule has 10 heterocycles. The van der Waals surface area contributed by atoms with E-state index in [0.29, 0.717) is 60.2 Å². The molecule has 13 rings (SSSR count). The third-order valence-corrected chi connectivity index (χ3v) is 23.3. The highest BCUT2D eigenvalue weighted by molar-refractivity contribution is 7.57. The summed E-state index contributed by atoms with van der Waals surface area (Å²) < 4.78 is 153. The average molecular weight is 1960 g/mol. The van der Waals surface area contributed by atoms with E-state index in [4.69, 9.17) is 108 Å². The van der Waals surface area contributed by atoms with Gasteiger partial charge in [-0.05, 0) is 23.3 Å². The third kappa shape index (κ3) is 34.9. The molecule has 0 aliphatic heterocycles. The first kappa shape index (κ1) is 105. The van der Waals surface area contributed by atoms with Crippen LogP contribution < -0.4 is 61.0 Å². The number of hydrogen-bond acceptors (Lipinski definition) is 41. The fourth-order valence-electron chi connectivity index (χ4n) is 11.2. The molecule has 13 aromatic rings. The maximum Gasteiger partial charge on any atom is 0.404 e. The lowest BCUT2D eigenvalue weighted by atomic mass is 10.2. The van der Waals surface area contributed by atoms with Crippen molar-refractivity contribution in [1.82, 2.24) is 97.6 Å². The minimum Gasteiger partial charge on any atom is -0.423 e. The summed E-state index contributed by atoms with van der Waals surface area (Å²) in [7, 11) is -12.0. The molecule has 0 bridgehead atoms. The second kappa shape index (κ2) is 52.3. The number of para-hydroxylation sites is 1. The fourth-order valence-corrected chi connectivity index (χ4v) is 15.9. The normalized spacial score (nSPS) is 14.0. The molecule has 6 unspecified atom stereocenters. The van der Waals surface area contributed by atoms with Crippen LogP contribution in [-0.2, 0) is 139 Å². The van der Waals surface area contributed by atoms with Crippen LogP contribution >= 0.6 is 37.8 Å². The van der Waals surface area contributed by atoms with E-state index in [1.807, 2.05) is 66.7 Å². The molecule has 54 nitrogen and oxygen atoms in total. The van der Waals surface area contributed by atoms with Crippen LogP contribution in [0.4, 0.5) is 29.7 Å². The summed E-state index contributed by atoms with van der Waals surface area (Å²) in [6.45, 7) is 4.98. The molecule has 59 heteroatoms. The molecular weight excluding hydrogens is 1860 g/mol. The number of fused-ring (bicyclic) bond motifs is 5. The van der Waals surface area contributed by atoms with E-state index in [9.17, 15) is 56.6 Å². The number of anilines is 5. The lowest BCUT2D eigenvalue weighted by Gasteiger charge is -2.19. The molecule has 0 radical (unpaired) electrons. The summed E-state index contributed by atoms with van der Waals surface area (Å²) in [5.41, 5.74) is 29.9. The Morgan fingerprint density at radius 3 is 0.985 bits per heavy atom. The van der Waals surface area contributed by atoms with Crippen LogP contribution in [0, 0.1) is 0 Å². The van der Waals surface area contributed by atoms with Crippen molar-refractivity contribution in [2.75, 3.05) is 181 Å². The smallest absolute Gasteiger partial charge is 0.404 e. The number of H-pyrrole nitrogens is 5. The number of nitrogens with zero attached hydrogens (tertiary/aromatic N) is 15. The Hall–Kier alpha value is -11.4. The largest absolute Gasteiger partial charge is 0.423 e. The van der Waals surface area contributed by atoms with E-state index in [0.717, 1.165) is 11.1 Å². The highest BCUT2D eigenvalue weighted by atomic mass is 31.2. The van der Waals surface area contributed by atoms with Crippen molar-refractivity contribution >= 4 is 123 Å². The number of nitrogens with one attached hydrogen (secondary N) is 5. The second-order valence-electron chi connectivity index (χ2n) is 27.9. The van der Waals surface area contributed by atoms with Gasteiger partial charge in [-0.25, -0.2) is 29.5 Å². The predicted octanol–water partition coefficient (Wildman–Crippen LogP) is 3.57. The molecule has 133 heavy (non-hydrogen) atoms. The first-order chi connectivity index (χ1) is 63.7. The standard InChI is InChI=1S/C19H26N5O7P.C18H24N5O6P.C17H22N5O6P.C11H18N5O6P.C9H14N5O4P/c1-28-10-15(30-9-14-5-3-2-4-6-14)11-31-32(26,27)13-29-8-7-24-12-21-16-17(24)22-19(20)23-18(16)25;1-26-9-10-28-30(25,29-11-14-5-3-2-4-6-14)13-27-8-7-23-12-20-15-16(23)21-18(19)22-17(15)24;1-25-9-10-27-29(24,28-13-5-3-2-4-6-13)12-26-8-7-22-11-19-14-15(22)20-17(18)21-16(14)23;1-20-4-5-22-23(18,19)7-21-3-2-16-6-13-8-9(16)14-11(12)15-10(8)17;1-19(16,17)5-18-3-2-14-4-11-6-7(14)12-9(10)13-8(6)15/h2-6,12,15H,7-11,13H2,1H3,(H,26,27)(H3,20,22,23,25);2-6,12H,7-11,13H2,1H3,(H3,19,21,22,24);2-6,11H,7-10,12H2,1H3,(H3,18,20,21,23);6H,2-5,7H2,1H3,(H,18,19)(H3,12,14,15,17);4H,2-3,5H2,1H3,(H,16,17)(H3,10,12,13,15). The predicted molar refractivity (Wildman–Crippen MR) is 482 cm³/mol. The summed E-state index contributed by atoms with van der Waals surface area (Å²) >= 11 is 0. The number of aromatic nitrogens is 20. The summed E-state index contributed by atoms with van der Waals surface area (Å²) in [4.78, 5) is 139. The number of nitrogen functional groups attached to an aromatic ring is 5. The molecule has 10 aromatic heterocycles. The van der Waals surface area contributed by atoms with E-state index in [1.54, 1.807) is 47.1 Å². The molecular formula is C74H104N25O29P5. The summed E-state index contributed by atoms with van der Waals surface area (Å²) in [5.74, 6) is 0.373. The van der Waals surface area contributed by atoms with Gasteiger partial charge in [-0.1, -0.05) is 78.9 Å². The van der Waals surface area contributed by atoms with Gasteiger partial charge in [0.05, 0.1) is 131 Å². The lowest BCUT2D eigenvalue weighted by molar-refractivity contribution is -0.0366. The Morgan fingerprint density at radius 2 is 0.647 bits per heavy atom. The minimum atomic E-state index is -4.01. The molecule has 0 aliphatic carbocycles. The number of nitrogens with two attached hydrogens (primary N) is 5. The molecule has 6 atom stereocenters. The molecule has 0 spiro atoms. The Morgan fingerprint density at radius 1 is 0.346 bits per heavy atom. The van der Waals surface area contributed by atoms with Crippen LogP contribution in [0.3, 0.4) is 0 Å². The van der Waals surface area contributed by atoms with E-state index in [2.05, 4.69) is 74.8 Å². The molecule has 0 aliphatic rings. The Kier molecular flexibility index (Phi) is 41.5. The van der Waals surface area contributed by atoms with E-state index in [1.165, 1.54) is 66.7 Å². The van der Waals surface area contributed by atoms with E-state index in [-0.39, 0.29) is 182 Å². The maximum absolute atomic E-state index is 13.0. The first-order valence-corrected chi connectivity index (χ1v) is 49.1. The highest BCUT2D eigenvalue weighted by Gasteiger charge is 2.30.